The van der Waals surface area contributed by atoms with E-state index in [-0.39, 0.29) is 24.0 Å². The van der Waals surface area contributed by atoms with E-state index in [1.54, 1.807) is 0 Å². The summed E-state index contributed by atoms with van der Waals surface area (Å²) in [6.07, 6.45) is 6.60. The molecule has 0 aromatic heterocycles. The maximum Gasteiger partial charge on any atom is 0.0615 e. The van der Waals surface area contributed by atoms with Gasteiger partial charge < -0.3 is 19.7 Å². The van der Waals surface area contributed by atoms with Crippen LogP contribution in [-0.2, 0) is 9.47 Å². The fourth-order valence-electron chi connectivity index (χ4n) is 2.45. The highest BCUT2D eigenvalue weighted by Crippen LogP contribution is 2.18. The first-order valence-electron chi connectivity index (χ1n) is 7.42. The molecule has 0 aromatic carbocycles. The smallest absolute Gasteiger partial charge is 0.0615 e. The highest BCUT2D eigenvalue weighted by atomic mass is 16.5. The van der Waals surface area contributed by atoms with Crippen LogP contribution >= 0.6 is 0 Å². The number of rotatable bonds is 4. The highest BCUT2D eigenvalue weighted by Gasteiger charge is 2.22. The Kier molecular flexibility index (Phi) is 8.78. The second kappa shape index (κ2) is 10.1. The molecule has 2 aliphatic rings. The summed E-state index contributed by atoms with van der Waals surface area (Å²) in [4.78, 5) is 0. The number of ether oxygens (including phenoxy) is 2. The van der Waals surface area contributed by atoms with Crippen LogP contribution in [0.5, 0.6) is 0 Å². The van der Waals surface area contributed by atoms with E-state index in [2.05, 4.69) is 13.2 Å². The van der Waals surface area contributed by atoms with Gasteiger partial charge in [-0.25, -0.2) is 0 Å². The molecule has 0 bridgehead atoms. The van der Waals surface area contributed by atoms with Crippen molar-refractivity contribution in [3.05, 3.63) is 25.3 Å². The molecule has 2 N–H and O–H groups in total. The molecular formula is C16H28O4. The van der Waals surface area contributed by atoms with Gasteiger partial charge in [-0.15, -0.1) is 13.2 Å². The minimum absolute atomic E-state index is 0.174. The Hall–Kier alpha value is -0.680. The van der Waals surface area contributed by atoms with E-state index < -0.39 is 0 Å². The second-order valence-corrected chi connectivity index (χ2v) is 5.43. The SMILES string of the molecule is C=CC[C@@H]1COCC[C@@H]1O.C=CC[C@H]1COCC[C@H]1O. The summed E-state index contributed by atoms with van der Waals surface area (Å²) in [6, 6.07) is 0. The maximum absolute atomic E-state index is 9.37. The molecule has 0 radical (unpaired) electrons. The zero-order valence-corrected chi connectivity index (χ0v) is 12.2. The Morgan fingerprint density at radius 3 is 1.55 bits per heavy atom. The number of aliphatic hydroxyl groups is 2. The van der Waals surface area contributed by atoms with E-state index in [0.29, 0.717) is 26.4 Å². The molecule has 2 fully saturated rings. The molecule has 4 heteroatoms. The van der Waals surface area contributed by atoms with Crippen LogP contribution in [0.4, 0.5) is 0 Å². The summed E-state index contributed by atoms with van der Waals surface area (Å²) >= 11 is 0. The Bertz CT molecular complexity index is 252. The average molecular weight is 284 g/mol. The van der Waals surface area contributed by atoms with Gasteiger partial charge in [-0.3, -0.25) is 0 Å². The lowest BCUT2D eigenvalue weighted by Crippen LogP contribution is -2.31. The summed E-state index contributed by atoms with van der Waals surface area (Å²) in [5, 5.41) is 18.7. The van der Waals surface area contributed by atoms with Crippen LogP contribution in [0.15, 0.2) is 25.3 Å². The largest absolute Gasteiger partial charge is 0.393 e. The van der Waals surface area contributed by atoms with Crippen molar-refractivity contribution in [3.63, 3.8) is 0 Å². The third kappa shape index (κ3) is 6.18. The van der Waals surface area contributed by atoms with Crippen LogP contribution in [0.25, 0.3) is 0 Å². The van der Waals surface area contributed by atoms with Gasteiger partial charge in [-0.1, -0.05) is 12.2 Å². The van der Waals surface area contributed by atoms with Gasteiger partial charge >= 0.3 is 0 Å². The number of allylic oxidation sites excluding steroid dienone is 2. The van der Waals surface area contributed by atoms with Crippen molar-refractivity contribution in [2.75, 3.05) is 26.4 Å². The van der Waals surface area contributed by atoms with Crippen LogP contribution in [0.1, 0.15) is 25.7 Å². The predicted molar refractivity (Wildman–Crippen MR) is 79.5 cm³/mol. The monoisotopic (exact) mass is 284 g/mol. The first-order chi connectivity index (χ1) is 9.69. The number of hydrogen-bond acceptors (Lipinski definition) is 4. The summed E-state index contributed by atoms with van der Waals surface area (Å²) in [7, 11) is 0. The highest BCUT2D eigenvalue weighted by molar-refractivity contribution is 4.80. The molecule has 4 atom stereocenters. The lowest BCUT2D eigenvalue weighted by atomic mass is 9.95. The molecule has 4 nitrogen and oxygen atoms in total. The van der Waals surface area contributed by atoms with Gasteiger partial charge in [0.1, 0.15) is 0 Å². The fourth-order valence-corrected chi connectivity index (χ4v) is 2.45. The molecule has 116 valence electrons. The summed E-state index contributed by atoms with van der Waals surface area (Å²) < 4.78 is 10.4. The van der Waals surface area contributed by atoms with Crippen molar-refractivity contribution in [2.24, 2.45) is 11.8 Å². The summed E-state index contributed by atoms with van der Waals surface area (Å²) in [6.45, 7) is 10.0. The molecule has 0 aliphatic carbocycles. The fraction of sp³-hybridized carbons (Fsp3) is 0.750. The van der Waals surface area contributed by atoms with Crippen LogP contribution in [0.3, 0.4) is 0 Å². The van der Waals surface area contributed by atoms with E-state index in [4.69, 9.17) is 9.47 Å². The van der Waals surface area contributed by atoms with Crippen LogP contribution in [0, 0.1) is 11.8 Å². The zero-order valence-electron chi connectivity index (χ0n) is 12.2. The third-order valence-corrected chi connectivity index (χ3v) is 3.81. The summed E-state index contributed by atoms with van der Waals surface area (Å²) in [5.41, 5.74) is 0. The normalized spacial score (nSPS) is 33.7. The Morgan fingerprint density at radius 2 is 1.25 bits per heavy atom. The van der Waals surface area contributed by atoms with Crippen molar-refractivity contribution >= 4 is 0 Å². The van der Waals surface area contributed by atoms with Gasteiger partial charge in [0, 0.05) is 25.0 Å². The predicted octanol–water partition coefficient (Wildman–Crippen LogP) is 1.92. The zero-order chi connectivity index (χ0) is 14.8. The minimum Gasteiger partial charge on any atom is -0.393 e. The van der Waals surface area contributed by atoms with Gasteiger partial charge in [0.05, 0.1) is 25.4 Å². The van der Waals surface area contributed by atoms with Gasteiger partial charge in [0.2, 0.25) is 0 Å². The number of aliphatic hydroxyl groups excluding tert-OH is 2. The minimum atomic E-state index is -0.174. The summed E-state index contributed by atoms with van der Waals surface area (Å²) in [5.74, 6) is 0.567. The van der Waals surface area contributed by atoms with Crippen molar-refractivity contribution in [2.45, 2.75) is 37.9 Å². The van der Waals surface area contributed by atoms with E-state index in [9.17, 15) is 10.2 Å². The first-order valence-corrected chi connectivity index (χ1v) is 7.42. The quantitative estimate of drug-likeness (QED) is 0.774. The molecule has 0 spiro atoms. The molecule has 0 amide bonds. The Labute approximate surface area is 122 Å². The first kappa shape index (κ1) is 17.4. The van der Waals surface area contributed by atoms with Crippen LogP contribution < -0.4 is 0 Å². The van der Waals surface area contributed by atoms with Crippen molar-refractivity contribution in [1.29, 1.82) is 0 Å². The third-order valence-electron chi connectivity index (χ3n) is 3.81. The number of hydrogen-bond donors (Lipinski definition) is 2. The van der Waals surface area contributed by atoms with Crippen molar-refractivity contribution in [3.8, 4) is 0 Å². The van der Waals surface area contributed by atoms with Crippen molar-refractivity contribution in [1.82, 2.24) is 0 Å². The molecule has 0 saturated carbocycles. The Balaban J connectivity index is 0.000000200. The molecule has 20 heavy (non-hydrogen) atoms. The van der Waals surface area contributed by atoms with Crippen LogP contribution in [0.2, 0.25) is 0 Å². The molecule has 2 saturated heterocycles. The van der Waals surface area contributed by atoms with Crippen LogP contribution in [-0.4, -0.2) is 48.8 Å². The van der Waals surface area contributed by atoms with E-state index in [0.717, 1.165) is 25.7 Å². The van der Waals surface area contributed by atoms with Gasteiger partial charge in [-0.05, 0) is 25.7 Å². The topological polar surface area (TPSA) is 58.9 Å². The van der Waals surface area contributed by atoms with E-state index in [1.807, 2.05) is 12.2 Å². The Morgan fingerprint density at radius 1 is 0.850 bits per heavy atom. The standard InChI is InChI=1S/2C8H14O2/c2*1-2-3-7-6-10-5-4-8(7)9/h2*2,7-9H,1,3-6H2/t2*7-,8+/m10/s1. The molecular weight excluding hydrogens is 256 g/mol. The lowest BCUT2D eigenvalue weighted by molar-refractivity contribution is -0.0343. The molecule has 0 aromatic rings. The molecule has 2 rings (SSSR count). The van der Waals surface area contributed by atoms with Gasteiger partial charge in [0.25, 0.3) is 0 Å². The molecule has 0 unspecified atom stereocenters. The lowest BCUT2D eigenvalue weighted by Gasteiger charge is -2.26. The second-order valence-electron chi connectivity index (χ2n) is 5.43. The van der Waals surface area contributed by atoms with Gasteiger partial charge in [-0.2, -0.15) is 0 Å². The van der Waals surface area contributed by atoms with E-state index in [1.165, 1.54) is 0 Å². The molecule has 2 heterocycles. The van der Waals surface area contributed by atoms with Crippen molar-refractivity contribution < 1.29 is 19.7 Å². The average Bonchev–Trinajstić information content (AvgIpc) is 2.45. The maximum atomic E-state index is 9.37. The van der Waals surface area contributed by atoms with E-state index >= 15 is 0 Å². The van der Waals surface area contributed by atoms with Gasteiger partial charge in [0.15, 0.2) is 0 Å². The molecule has 2 aliphatic heterocycles.